The Hall–Kier alpha value is -2.60. The van der Waals surface area contributed by atoms with Gasteiger partial charge in [0.15, 0.2) is 0 Å². The van der Waals surface area contributed by atoms with E-state index in [1.165, 1.54) is 6.07 Å². The van der Waals surface area contributed by atoms with Crippen molar-refractivity contribution in [3.05, 3.63) is 52.4 Å². The van der Waals surface area contributed by atoms with Crippen LogP contribution >= 0.6 is 0 Å². The monoisotopic (exact) mass is 482 g/mol. The zero-order valence-electron chi connectivity index (χ0n) is 21.7. The van der Waals surface area contributed by atoms with Crippen LogP contribution in [0.15, 0.2) is 51.2 Å². The Morgan fingerprint density at radius 2 is 1.86 bits per heavy atom. The van der Waals surface area contributed by atoms with Crippen LogP contribution in [0.5, 0.6) is 5.75 Å². The second-order valence-corrected chi connectivity index (χ2v) is 11.5. The summed E-state index contributed by atoms with van der Waals surface area (Å²) < 4.78 is 17.5. The van der Waals surface area contributed by atoms with Crippen molar-refractivity contribution in [2.75, 3.05) is 6.61 Å². The summed E-state index contributed by atoms with van der Waals surface area (Å²) in [5.41, 5.74) is -0.599. The fourth-order valence-electron chi connectivity index (χ4n) is 6.73. The van der Waals surface area contributed by atoms with Gasteiger partial charge in [-0.1, -0.05) is 26.8 Å². The van der Waals surface area contributed by atoms with E-state index in [1.54, 1.807) is 25.1 Å². The predicted octanol–water partition coefficient (Wildman–Crippen LogP) is 5.65. The Labute approximate surface area is 207 Å². The topological polar surface area (TPSA) is 86.0 Å². The first kappa shape index (κ1) is 25.5. The number of hydrogen-bond acceptors (Lipinski definition) is 6. The van der Waals surface area contributed by atoms with Crippen molar-refractivity contribution in [2.45, 2.75) is 78.9 Å². The zero-order valence-corrected chi connectivity index (χ0v) is 21.7. The number of hydrogen-bond donors (Lipinski definition) is 1. The number of rotatable bonds is 5. The van der Waals surface area contributed by atoms with Gasteiger partial charge in [-0.25, -0.2) is 9.59 Å². The van der Waals surface area contributed by atoms with E-state index in [0.29, 0.717) is 29.9 Å². The molecule has 0 aliphatic heterocycles. The largest absolute Gasteiger partial charge is 0.493 e. The highest BCUT2D eigenvalue weighted by molar-refractivity contribution is 5.87. The molecule has 35 heavy (non-hydrogen) atoms. The minimum Gasteiger partial charge on any atom is -0.493 e. The van der Waals surface area contributed by atoms with Gasteiger partial charge < -0.3 is 19.0 Å². The van der Waals surface area contributed by atoms with E-state index in [-0.39, 0.29) is 34.7 Å². The third-order valence-electron chi connectivity index (χ3n) is 8.97. The molecule has 0 amide bonds. The summed E-state index contributed by atoms with van der Waals surface area (Å²) in [4.78, 5) is 24.2. The van der Waals surface area contributed by atoms with Crippen LogP contribution in [0.3, 0.4) is 0 Å². The van der Waals surface area contributed by atoms with Gasteiger partial charge in [-0.05, 0) is 76.0 Å². The van der Waals surface area contributed by atoms with E-state index < -0.39 is 11.2 Å². The van der Waals surface area contributed by atoms with E-state index in [9.17, 15) is 14.7 Å². The Kier molecular flexibility index (Phi) is 6.64. The Balaban J connectivity index is 1.57. The minimum absolute atomic E-state index is 0.111. The minimum atomic E-state index is -0.879. The van der Waals surface area contributed by atoms with Gasteiger partial charge in [0, 0.05) is 34.4 Å². The molecule has 0 radical (unpaired) electrons. The average molecular weight is 483 g/mol. The number of aliphatic hydroxyl groups is 1. The second kappa shape index (κ2) is 9.12. The molecule has 0 bridgehead atoms. The maximum absolute atomic E-state index is 12.5. The van der Waals surface area contributed by atoms with Crippen molar-refractivity contribution in [1.29, 1.82) is 0 Å². The molecule has 1 aromatic carbocycles. The van der Waals surface area contributed by atoms with Crippen LogP contribution in [-0.2, 0) is 9.53 Å². The molecule has 0 saturated heterocycles. The Morgan fingerprint density at radius 3 is 2.57 bits per heavy atom. The zero-order chi connectivity index (χ0) is 25.6. The van der Waals surface area contributed by atoms with Gasteiger partial charge >= 0.3 is 11.6 Å². The number of carbonyl (C=O) groups excluding carboxylic acids is 1. The van der Waals surface area contributed by atoms with Crippen LogP contribution < -0.4 is 10.4 Å². The number of fused-ring (bicyclic) bond motifs is 2. The molecule has 4 rings (SSSR count). The molecule has 5 atom stereocenters. The first-order valence-electron chi connectivity index (χ1n) is 12.6. The third kappa shape index (κ3) is 4.65. The summed E-state index contributed by atoms with van der Waals surface area (Å²) in [6.07, 6.45) is 4.72. The van der Waals surface area contributed by atoms with E-state index in [4.69, 9.17) is 13.9 Å². The second-order valence-electron chi connectivity index (χ2n) is 11.5. The lowest BCUT2D eigenvalue weighted by atomic mass is 9.45. The van der Waals surface area contributed by atoms with Gasteiger partial charge in [0.25, 0.3) is 0 Å². The molecule has 2 saturated carbocycles. The van der Waals surface area contributed by atoms with Crippen LogP contribution in [0.1, 0.15) is 67.2 Å². The van der Waals surface area contributed by atoms with Gasteiger partial charge in [-0.15, -0.1) is 0 Å². The standard InChI is InChI=1S/C29H38O6/c1-7-18(2)26(31)35-24-13-14-28(5)22(27(24,3)4)12-15-29(6,32)23(28)17-33-20-10-8-19-9-11-25(30)34-21(19)16-20/h7-11,16,22-24,32H,12-15,17H2,1-6H3. The highest BCUT2D eigenvalue weighted by Gasteiger charge is 2.61. The molecule has 6 nitrogen and oxygen atoms in total. The Morgan fingerprint density at radius 1 is 1.14 bits per heavy atom. The van der Waals surface area contributed by atoms with Crippen molar-refractivity contribution in [3.63, 3.8) is 0 Å². The molecule has 1 heterocycles. The third-order valence-corrected chi connectivity index (χ3v) is 8.97. The summed E-state index contributed by atoms with van der Waals surface area (Å²) in [7, 11) is 0. The lowest BCUT2D eigenvalue weighted by molar-refractivity contribution is -0.210. The SMILES string of the molecule is CC=C(C)C(=O)OC1CCC2(C)C(COc3ccc4ccc(=O)oc4c3)C(C)(O)CCC2C1(C)C. The number of ether oxygens (including phenoxy) is 2. The van der Waals surface area contributed by atoms with Crippen LogP contribution in [-0.4, -0.2) is 29.4 Å². The maximum Gasteiger partial charge on any atom is 0.336 e. The molecule has 6 heteroatoms. The van der Waals surface area contributed by atoms with Crippen LogP contribution in [0, 0.1) is 22.7 Å². The van der Waals surface area contributed by atoms with Gasteiger partial charge in [-0.3, -0.25) is 0 Å². The molecule has 5 unspecified atom stereocenters. The van der Waals surface area contributed by atoms with Gasteiger partial charge in [0.1, 0.15) is 17.4 Å². The molecule has 0 spiro atoms. The predicted molar refractivity (Wildman–Crippen MR) is 135 cm³/mol. The van der Waals surface area contributed by atoms with Crippen molar-refractivity contribution in [2.24, 2.45) is 22.7 Å². The summed E-state index contributed by atoms with van der Waals surface area (Å²) in [5, 5.41) is 12.3. The van der Waals surface area contributed by atoms with Gasteiger partial charge in [-0.2, -0.15) is 0 Å². The molecule has 2 aliphatic carbocycles. The number of carbonyl (C=O) groups is 1. The first-order valence-corrected chi connectivity index (χ1v) is 12.6. The lowest BCUT2D eigenvalue weighted by Gasteiger charge is -2.62. The smallest absolute Gasteiger partial charge is 0.336 e. The molecular formula is C29H38O6. The highest BCUT2D eigenvalue weighted by Crippen LogP contribution is 2.62. The molecule has 1 aromatic heterocycles. The number of esters is 1. The molecule has 2 aliphatic rings. The van der Waals surface area contributed by atoms with Crippen molar-refractivity contribution in [1.82, 2.24) is 0 Å². The van der Waals surface area contributed by atoms with E-state index in [2.05, 4.69) is 20.8 Å². The van der Waals surface area contributed by atoms with Crippen molar-refractivity contribution < 1.29 is 23.8 Å². The molecule has 190 valence electrons. The summed E-state index contributed by atoms with van der Waals surface area (Å²) in [6, 6.07) is 8.60. The summed E-state index contributed by atoms with van der Waals surface area (Å²) >= 11 is 0. The van der Waals surface area contributed by atoms with E-state index in [1.807, 2.05) is 26.0 Å². The molecule has 1 N–H and O–H groups in total. The summed E-state index contributed by atoms with van der Waals surface area (Å²) in [6.45, 7) is 12.5. The van der Waals surface area contributed by atoms with Crippen LogP contribution in [0.2, 0.25) is 0 Å². The van der Waals surface area contributed by atoms with Crippen molar-refractivity contribution >= 4 is 16.9 Å². The van der Waals surface area contributed by atoms with Crippen molar-refractivity contribution in [3.8, 4) is 5.75 Å². The lowest BCUT2D eigenvalue weighted by Crippen LogP contribution is -2.62. The maximum atomic E-state index is 12.5. The molecular weight excluding hydrogens is 444 g/mol. The average Bonchev–Trinajstić information content (AvgIpc) is 2.79. The summed E-state index contributed by atoms with van der Waals surface area (Å²) in [5.74, 6) is 0.508. The highest BCUT2D eigenvalue weighted by atomic mass is 16.5. The van der Waals surface area contributed by atoms with Gasteiger partial charge in [0.2, 0.25) is 0 Å². The normalized spacial score (nSPS) is 32.7. The Bertz CT molecular complexity index is 1190. The van der Waals surface area contributed by atoms with Gasteiger partial charge in [0.05, 0.1) is 12.2 Å². The number of benzene rings is 1. The molecule has 2 fully saturated rings. The first-order chi connectivity index (χ1) is 16.4. The fraction of sp³-hybridized carbons (Fsp3) is 0.586. The van der Waals surface area contributed by atoms with Crippen LogP contribution in [0.25, 0.3) is 11.0 Å². The van der Waals surface area contributed by atoms with Crippen LogP contribution in [0.4, 0.5) is 0 Å². The molecule has 2 aromatic rings. The van der Waals surface area contributed by atoms with E-state index >= 15 is 0 Å². The quantitative estimate of drug-likeness (QED) is 0.337. The fourth-order valence-corrected chi connectivity index (χ4v) is 6.73. The number of allylic oxidation sites excluding steroid dienone is 1. The van der Waals surface area contributed by atoms with E-state index in [0.717, 1.165) is 24.6 Å².